The summed E-state index contributed by atoms with van der Waals surface area (Å²) in [6.07, 6.45) is 0. The summed E-state index contributed by atoms with van der Waals surface area (Å²) in [5.74, 6) is 1.08. The first-order valence-corrected chi connectivity index (χ1v) is 11.2. The Morgan fingerprint density at radius 2 is 1.71 bits per heavy atom. The van der Waals surface area contributed by atoms with Gasteiger partial charge < -0.3 is 14.8 Å². The third-order valence-electron chi connectivity index (χ3n) is 4.97. The number of anilines is 1. The van der Waals surface area contributed by atoms with Crippen molar-refractivity contribution in [2.75, 3.05) is 18.5 Å². The zero-order valence-corrected chi connectivity index (χ0v) is 20.0. The second-order valence-corrected chi connectivity index (χ2v) is 8.09. The minimum absolute atomic E-state index is 0.139. The van der Waals surface area contributed by atoms with Crippen LogP contribution in [0.1, 0.15) is 18.1 Å². The van der Waals surface area contributed by atoms with Crippen molar-refractivity contribution in [1.29, 1.82) is 0 Å². The van der Waals surface area contributed by atoms with E-state index in [9.17, 15) is 4.79 Å². The zero-order chi connectivity index (χ0) is 24.1. The first kappa shape index (κ1) is 23.2. The molecule has 1 heterocycles. The Hall–Kier alpha value is -3.98. The molecule has 0 aliphatic carbocycles. The molecule has 0 bridgehead atoms. The van der Waals surface area contributed by atoms with Gasteiger partial charge in [0.15, 0.2) is 11.7 Å². The summed E-state index contributed by atoms with van der Waals surface area (Å²) < 4.78 is 11.0. The number of amides is 1. The monoisotopic (exact) mass is 475 g/mol. The first-order chi connectivity index (χ1) is 16.4. The van der Waals surface area contributed by atoms with Crippen LogP contribution in [0.3, 0.4) is 0 Å². The molecule has 34 heavy (non-hydrogen) atoms. The zero-order valence-electron chi connectivity index (χ0n) is 19.2. The van der Waals surface area contributed by atoms with E-state index in [-0.39, 0.29) is 17.6 Å². The van der Waals surface area contributed by atoms with Gasteiger partial charge in [-0.1, -0.05) is 12.1 Å². The fraction of sp³-hybridized carbons (Fsp3) is 0.200. The van der Waals surface area contributed by atoms with Crippen LogP contribution in [0.2, 0.25) is 0 Å². The summed E-state index contributed by atoms with van der Waals surface area (Å²) in [4.78, 5) is 13.8. The van der Waals surface area contributed by atoms with Gasteiger partial charge in [-0.15, -0.1) is 10.2 Å². The lowest BCUT2D eigenvalue weighted by Crippen LogP contribution is -2.37. The number of nitrogens with one attached hydrogen (secondary N) is 2. The highest BCUT2D eigenvalue weighted by Crippen LogP contribution is 2.23. The molecular formula is C25H25N5O3S. The number of benzene rings is 3. The van der Waals surface area contributed by atoms with Gasteiger partial charge >= 0.3 is 0 Å². The molecule has 0 spiro atoms. The molecule has 3 aromatic carbocycles. The fourth-order valence-electron chi connectivity index (χ4n) is 3.33. The van der Waals surface area contributed by atoms with Crippen molar-refractivity contribution in [3.05, 3.63) is 71.8 Å². The van der Waals surface area contributed by atoms with Gasteiger partial charge in [0.05, 0.1) is 12.3 Å². The van der Waals surface area contributed by atoms with E-state index >= 15 is 0 Å². The van der Waals surface area contributed by atoms with Crippen LogP contribution < -0.4 is 20.1 Å². The Balaban J connectivity index is 1.40. The highest BCUT2D eigenvalue weighted by atomic mass is 32.1. The molecule has 0 aliphatic heterocycles. The summed E-state index contributed by atoms with van der Waals surface area (Å²) in [6.45, 7) is 6.31. The number of nitrogens with zero attached hydrogens (tertiary/aromatic N) is 3. The molecule has 0 saturated heterocycles. The van der Waals surface area contributed by atoms with Crippen LogP contribution in [0.5, 0.6) is 11.5 Å². The van der Waals surface area contributed by atoms with E-state index in [1.54, 1.807) is 10.9 Å². The van der Waals surface area contributed by atoms with E-state index in [1.165, 1.54) is 0 Å². The Morgan fingerprint density at radius 3 is 2.41 bits per heavy atom. The molecule has 0 atom stereocenters. The van der Waals surface area contributed by atoms with Crippen molar-refractivity contribution in [2.45, 2.75) is 20.8 Å². The molecule has 0 aliphatic rings. The Bertz CT molecular complexity index is 1330. The minimum Gasteiger partial charge on any atom is -0.494 e. The fourth-order valence-corrected chi connectivity index (χ4v) is 3.55. The number of aromatic nitrogens is 3. The molecule has 1 amide bonds. The van der Waals surface area contributed by atoms with E-state index in [0.29, 0.717) is 17.9 Å². The molecule has 0 saturated carbocycles. The molecule has 0 radical (unpaired) electrons. The van der Waals surface area contributed by atoms with Crippen molar-refractivity contribution in [3.63, 3.8) is 0 Å². The molecule has 174 valence electrons. The lowest BCUT2D eigenvalue weighted by Gasteiger charge is -2.12. The number of rotatable bonds is 7. The van der Waals surface area contributed by atoms with Crippen LogP contribution in [0.15, 0.2) is 60.7 Å². The Kier molecular flexibility index (Phi) is 7.03. The average molecular weight is 476 g/mol. The summed E-state index contributed by atoms with van der Waals surface area (Å²) in [7, 11) is 0. The SMILES string of the molecule is CCOc1ccc(-n2nc3cc(C)c(NC(=S)NC(=O)COc4cccc(C)c4)cc3n2)cc1. The molecular weight excluding hydrogens is 450 g/mol. The largest absolute Gasteiger partial charge is 0.494 e. The van der Waals surface area contributed by atoms with Crippen LogP contribution in [0, 0.1) is 13.8 Å². The molecule has 0 unspecified atom stereocenters. The summed E-state index contributed by atoms with van der Waals surface area (Å²) in [5, 5.41) is 15.0. The van der Waals surface area contributed by atoms with Crippen LogP contribution >= 0.6 is 12.2 Å². The second-order valence-electron chi connectivity index (χ2n) is 7.68. The van der Waals surface area contributed by atoms with Crippen molar-refractivity contribution in [1.82, 2.24) is 20.3 Å². The van der Waals surface area contributed by atoms with Gasteiger partial charge in [0.2, 0.25) is 0 Å². The number of hydrogen-bond donors (Lipinski definition) is 2. The number of thiocarbonyl (C=S) groups is 1. The first-order valence-electron chi connectivity index (χ1n) is 10.8. The maximum Gasteiger partial charge on any atom is 0.264 e. The lowest BCUT2D eigenvalue weighted by atomic mass is 10.2. The lowest BCUT2D eigenvalue weighted by molar-refractivity contribution is -0.121. The van der Waals surface area contributed by atoms with Crippen molar-refractivity contribution in [3.8, 4) is 17.2 Å². The summed E-state index contributed by atoms with van der Waals surface area (Å²) in [6, 6.07) is 18.8. The van der Waals surface area contributed by atoms with Crippen LogP contribution in [-0.4, -0.2) is 39.2 Å². The average Bonchev–Trinajstić information content (AvgIpc) is 3.21. The second kappa shape index (κ2) is 10.3. The van der Waals surface area contributed by atoms with Crippen LogP contribution in [-0.2, 0) is 4.79 Å². The van der Waals surface area contributed by atoms with Crippen molar-refractivity contribution >= 4 is 40.0 Å². The Morgan fingerprint density at radius 1 is 0.971 bits per heavy atom. The highest BCUT2D eigenvalue weighted by molar-refractivity contribution is 7.80. The van der Waals surface area contributed by atoms with Gasteiger partial charge in [-0.2, -0.15) is 4.80 Å². The molecule has 4 aromatic rings. The quantitative estimate of drug-likeness (QED) is 0.385. The predicted molar refractivity (Wildman–Crippen MR) is 136 cm³/mol. The smallest absolute Gasteiger partial charge is 0.264 e. The van der Waals surface area contributed by atoms with Gasteiger partial charge in [-0.3, -0.25) is 10.1 Å². The molecule has 1 aromatic heterocycles. The van der Waals surface area contributed by atoms with Gasteiger partial charge in [-0.05, 0) is 92.6 Å². The van der Waals surface area contributed by atoms with Crippen molar-refractivity contribution < 1.29 is 14.3 Å². The summed E-state index contributed by atoms with van der Waals surface area (Å²) >= 11 is 5.31. The Labute approximate surface area is 202 Å². The number of fused-ring (bicyclic) bond motifs is 1. The molecule has 4 rings (SSSR count). The molecule has 8 nitrogen and oxygen atoms in total. The van der Waals surface area contributed by atoms with Gasteiger partial charge in [0, 0.05) is 5.69 Å². The molecule has 2 N–H and O–H groups in total. The maximum absolute atomic E-state index is 12.2. The van der Waals surface area contributed by atoms with E-state index in [4.69, 9.17) is 21.7 Å². The topological polar surface area (TPSA) is 90.3 Å². The molecule has 9 heteroatoms. The minimum atomic E-state index is -0.348. The van der Waals surface area contributed by atoms with Crippen molar-refractivity contribution in [2.24, 2.45) is 0 Å². The predicted octanol–water partition coefficient (Wildman–Crippen LogP) is 4.33. The third-order valence-corrected chi connectivity index (χ3v) is 5.17. The van der Waals surface area contributed by atoms with E-state index in [0.717, 1.165) is 33.8 Å². The van der Waals surface area contributed by atoms with Crippen LogP contribution in [0.25, 0.3) is 16.7 Å². The van der Waals surface area contributed by atoms with Gasteiger partial charge in [0.25, 0.3) is 5.91 Å². The van der Waals surface area contributed by atoms with E-state index < -0.39 is 0 Å². The number of ether oxygens (including phenoxy) is 2. The van der Waals surface area contributed by atoms with Crippen LogP contribution in [0.4, 0.5) is 5.69 Å². The van der Waals surface area contributed by atoms with E-state index in [1.807, 2.05) is 75.4 Å². The molecule has 0 fully saturated rings. The number of carbonyl (C=O) groups excluding carboxylic acids is 1. The standard InChI is InChI=1S/C25H25N5O3S/c1-4-32-19-10-8-18(9-11-19)30-28-22-13-17(3)21(14-23(22)29-30)26-25(34)27-24(31)15-33-20-7-5-6-16(2)12-20/h5-14H,4,15H2,1-3H3,(H2,26,27,31,34). The summed E-state index contributed by atoms with van der Waals surface area (Å²) in [5.41, 5.74) is 4.97. The number of carbonyl (C=O) groups is 1. The number of aryl methyl sites for hydroxylation is 2. The normalized spacial score (nSPS) is 10.7. The van der Waals surface area contributed by atoms with Gasteiger partial charge in [0.1, 0.15) is 22.5 Å². The maximum atomic E-state index is 12.2. The highest BCUT2D eigenvalue weighted by Gasteiger charge is 2.11. The third kappa shape index (κ3) is 5.68. The van der Waals surface area contributed by atoms with E-state index in [2.05, 4.69) is 20.8 Å². The number of hydrogen-bond acceptors (Lipinski definition) is 6. The van der Waals surface area contributed by atoms with Gasteiger partial charge in [-0.25, -0.2) is 0 Å².